The van der Waals surface area contributed by atoms with Crippen molar-refractivity contribution in [3.05, 3.63) is 53.2 Å². The van der Waals surface area contributed by atoms with Crippen molar-refractivity contribution in [3.8, 4) is 0 Å². The fourth-order valence-corrected chi connectivity index (χ4v) is 1.83. The molecule has 0 spiro atoms. The number of rotatable bonds is 4. The number of carboxylic acids is 1. The molecule has 1 amide bonds. The van der Waals surface area contributed by atoms with Gasteiger partial charge in [-0.3, -0.25) is 9.78 Å². The van der Waals surface area contributed by atoms with Crippen molar-refractivity contribution in [2.24, 2.45) is 0 Å². The molecule has 0 saturated heterocycles. The van der Waals surface area contributed by atoms with E-state index < -0.39 is 11.9 Å². The Morgan fingerprint density at radius 3 is 2.75 bits per heavy atom. The Balaban J connectivity index is 2.23. The van der Waals surface area contributed by atoms with Crippen molar-refractivity contribution in [1.82, 2.24) is 9.88 Å². The third-order valence-corrected chi connectivity index (χ3v) is 2.96. The molecule has 6 heteroatoms. The molecule has 0 saturated carbocycles. The third-order valence-electron chi connectivity index (χ3n) is 2.96. The number of aryl methyl sites for hydroxylation is 1. The van der Waals surface area contributed by atoms with Crippen LogP contribution in [0.1, 0.15) is 32.2 Å². The largest absolute Gasteiger partial charge is 0.478 e. The first-order valence-corrected chi connectivity index (χ1v) is 5.97. The van der Waals surface area contributed by atoms with Crippen LogP contribution in [0.3, 0.4) is 0 Å². The molecule has 0 aromatic carbocycles. The van der Waals surface area contributed by atoms with E-state index in [0.29, 0.717) is 6.54 Å². The zero-order chi connectivity index (χ0) is 14.7. The molecule has 0 aliphatic rings. The molecule has 2 aromatic rings. The van der Waals surface area contributed by atoms with Gasteiger partial charge in [-0.25, -0.2) is 4.79 Å². The van der Waals surface area contributed by atoms with E-state index in [1.54, 1.807) is 26.3 Å². The van der Waals surface area contributed by atoms with E-state index in [9.17, 15) is 9.59 Å². The Morgan fingerprint density at radius 2 is 2.15 bits per heavy atom. The fourth-order valence-electron chi connectivity index (χ4n) is 1.83. The van der Waals surface area contributed by atoms with Gasteiger partial charge in [0.2, 0.25) is 0 Å². The minimum atomic E-state index is -1.17. The molecule has 0 aliphatic carbocycles. The van der Waals surface area contributed by atoms with Crippen LogP contribution in [-0.2, 0) is 6.54 Å². The topological polar surface area (TPSA) is 83.6 Å². The third kappa shape index (κ3) is 2.69. The van der Waals surface area contributed by atoms with Crippen LogP contribution in [-0.4, -0.2) is 33.9 Å². The number of carbonyl (C=O) groups is 2. The Kier molecular flexibility index (Phi) is 3.84. The number of aromatic nitrogens is 1. The molecular weight excluding hydrogens is 260 g/mol. The van der Waals surface area contributed by atoms with Crippen LogP contribution in [0.25, 0.3) is 0 Å². The molecular formula is C14H14N2O4. The number of nitrogens with zero attached hydrogens (tertiary/aromatic N) is 2. The summed E-state index contributed by atoms with van der Waals surface area (Å²) in [6, 6.07) is 4.62. The maximum absolute atomic E-state index is 12.3. The lowest BCUT2D eigenvalue weighted by Gasteiger charge is -2.17. The molecule has 104 valence electrons. The van der Waals surface area contributed by atoms with Crippen LogP contribution in [0.15, 0.2) is 35.1 Å². The summed E-state index contributed by atoms with van der Waals surface area (Å²) in [6.07, 6.45) is 2.95. The first-order chi connectivity index (χ1) is 9.50. The van der Waals surface area contributed by atoms with Crippen molar-refractivity contribution in [3.63, 3.8) is 0 Å². The van der Waals surface area contributed by atoms with Gasteiger partial charge in [0.25, 0.3) is 5.91 Å². The first kappa shape index (κ1) is 13.8. The molecule has 2 heterocycles. The highest BCUT2D eigenvalue weighted by atomic mass is 16.4. The van der Waals surface area contributed by atoms with Crippen molar-refractivity contribution in [2.45, 2.75) is 13.5 Å². The van der Waals surface area contributed by atoms with Crippen molar-refractivity contribution >= 4 is 11.9 Å². The zero-order valence-electron chi connectivity index (χ0n) is 11.2. The highest BCUT2D eigenvalue weighted by Gasteiger charge is 2.21. The monoisotopic (exact) mass is 274 g/mol. The van der Waals surface area contributed by atoms with Gasteiger partial charge in [0.1, 0.15) is 11.5 Å². The smallest absolute Gasteiger partial charge is 0.338 e. The number of aromatic carboxylic acids is 1. The van der Waals surface area contributed by atoms with E-state index in [1.807, 2.05) is 0 Å². The number of carbonyl (C=O) groups excluding carboxylic acids is 1. The van der Waals surface area contributed by atoms with Gasteiger partial charge in [-0.15, -0.1) is 0 Å². The number of hydrogen-bond acceptors (Lipinski definition) is 4. The predicted octanol–water partition coefficient (Wildman–Crippen LogP) is 1.95. The molecule has 2 aromatic heterocycles. The number of furan rings is 1. The molecule has 0 atom stereocenters. The first-order valence-electron chi connectivity index (χ1n) is 5.97. The molecule has 6 nitrogen and oxygen atoms in total. The van der Waals surface area contributed by atoms with Gasteiger partial charge in [0, 0.05) is 25.4 Å². The maximum atomic E-state index is 12.3. The number of amides is 1. The maximum Gasteiger partial charge on any atom is 0.338 e. The summed E-state index contributed by atoms with van der Waals surface area (Å²) in [5.74, 6) is -0.887. The highest BCUT2D eigenvalue weighted by Crippen LogP contribution is 2.14. The Labute approximate surface area is 115 Å². The van der Waals surface area contributed by atoms with Crippen LogP contribution < -0.4 is 0 Å². The molecule has 2 rings (SSSR count). The van der Waals surface area contributed by atoms with Crippen molar-refractivity contribution in [1.29, 1.82) is 0 Å². The summed E-state index contributed by atoms with van der Waals surface area (Å²) in [7, 11) is 1.59. The average molecular weight is 274 g/mol. The summed E-state index contributed by atoms with van der Waals surface area (Å²) in [5, 5.41) is 9.07. The van der Waals surface area contributed by atoms with Crippen molar-refractivity contribution < 1.29 is 19.1 Å². The standard InChI is InChI=1S/C14H14N2O4/c1-9-10(5-7-20-9)8-16(2)13(17)12-11(14(18)19)4-3-6-15-12/h3-7H,8H2,1-2H3,(H,18,19). The van der Waals surface area contributed by atoms with Crippen molar-refractivity contribution in [2.75, 3.05) is 7.05 Å². The van der Waals surface area contributed by atoms with Gasteiger partial charge in [-0.1, -0.05) is 0 Å². The molecule has 0 fully saturated rings. The number of pyridine rings is 1. The second-order valence-corrected chi connectivity index (χ2v) is 4.37. The normalized spacial score (nSPS) is 10.3. The Bertz CT molecular complexity index is 648. The minimum Gasteiger partial charge on any atom is -0.478 e. The van der Waals surface area contributed by atoms with Gasteiger partial charge in [0.05, 0.1) is 11.8 Å². The van der Waals surface area contributed by atoms with Crippen LogP contribution in [0.2, 0.25) is 0 Å². The molecule has 0 aliphatic heterocycles. The lowest BCUT2D eigenvalue weighted by Crippen LogP contribution is -2.28. The summed E-state index contributed by atoms with van der Waals surface area (Å²) >= 11 is 0. The lowest BCUT2D eigenvalue weighted by molar-refractivity contribution is 0.0678. The minimum absolute atomic E-state index is 0.0661. The van der Waals surface area contributed by atoms with E-state index >= 15 is 0 Å². The molecule has 0 radical (unpaired) electrons. The predicted molar refractivity (Wildman–Crippen MR) is 70.4 cm³/mol. The van der Waals surface area contributed by atoms with Crippen LogP contribution >= 0.6 is 0 Å². The van der Waals surface area contributed by atoms with Gasteiger partial charge in [0.15, 0.2) is 0 Å². The summed E-state index contributed by atoms with van der Waals surface area (Å²) in [4.78, 5) is 28.7. The van der Waals surface area contributed by atoms with Crippen LogP contribution in [0.4, 0.5) is 0 Å². The average Bonchev–Trinajstić information content (AvgIpc) is 2.83. The summed E-state index contributed by atoms with van der Waals surface area (Å²) < 4.78 is 5.17. The van der Waals surface area contributed by atoms with E-state index in [0.717, 1.165) is 11.3 Å². The summed E-state index contributed by atoms with van der Waals surface area (Å²) in [6.45, 7) is 2.13. The van der Waals surface area contributed by atoms with Gasteiger partial charge in [-0.2, -0.15) is 0 Å². The Morgan fingerprint density at radius 1 is 1.40 bits per heavy atom. The quantitative estimate of drug-likeness (QED) is 0.921. The second-order valence-electron chi connectivity index (χ2n) is 4.37. The van der Waals surface area contributed by atoms with E-state index in [2.05, 4.69) is 4.98 Å². The number of carboxylic acid groups (broad SMARTS) is 1. The van der Waals surface area contributed by atoms with E-state index in [1.165, 1.54) is 23.2 Å². The highest BCUT2D eigenvalue weighted by molar-refractivity contribution is 6.03. The molecule has 1 N–H and O–H groups in total. The van der Waals surface area contributed by atoms with Crippen LogP contribution in [0.5, 0.6) is 0 Å². The SMILES string of the molecule is Cc1occc1CN(C)C(=O)c1ncccc1C(=O)O. The molecule has 0 bridgehead atoms. The molecule has 0 unspecified atom stereocenters. The Hall–Kier alpha value is -2.63. The van der Waals surface area contributed by atoms with Gasteiger partial charge >= 0.3 is 5.97 Å². The second kappa shape index (κ2) is 5.56. The molecule has 20 heavy (non-hydrogen) atoms. The van der Waals surface area contributed by atoms with Gasteiger partial charge < -0.3 is 14.4 Å². The van der Waals surface area contributed by atoms with E-state index in [-0.39, 0.29) is 11.3 Å². The fraction of sp³-hybridized carbons (Fsp3) is 0.214. The van der Waals surface area contributed by atoms with Crippen LogP contribution in [0, 0.1) is 6.92 Å². The van der Waals surface area contributed by atoms with E-state index in [4.69, 9.17) is 9.52 Å². The van der Waals surface area contributed by atoms with Gasteiger partial charge in [-0.05, 0) is 25.1 Å². The number of hydrogen-bond donors (Lipinski definition) is 1. The zero-order valence-corrected chi connectivity index (χ0v) is 11.2. The summed E-state index contributed by atoms with van der Waals surface area (Å²) in [5.41, 5.74) is 0.700. The lowest BCUT2D eigenvalue weighted by atomic mass is 10.1.